The third-order valence-electron chi connectivity index (χ3n) is 11.2. The lowest BCUT2D eigenvalue weighted by atomic mass is 9.91. The molecule has 2 fully saturated rings. The summed E-state index contributed by atoms with van der Waals surface area (Å²) < 4.78 is 45.8. The Balaban J connectivity index is 0.000000374. The lowest BCUT2D eigenvalue weighted by Gasteiger charge is -2.19. The average Bonchev–Trinajstić information content (AvgIpc) is 4.23. The number of hydrogen-bond donors (Lipinski definition) is 6. The first-order valence-corrected chi connectivity index (χ1v) is 25.9. The molecule has 2 saturated heterocycles. The number of primary amides is 1. The molecule has 1 aromatic carbocycles. The molecule has 4 atom stereocenters. The van der Waals surface area contributed by atoms with Crippen molar-refractivity contribution in [3.63, 3.8) is 0 Å². The van der Waals surface area contributed by atoms with Gasteiger partial charge in [-0.25, -0.2) is 25.0 Å². The van der Waals surface area contributed by atoms with Crippen molar-refractivity contribution in [2.24, 2.45) is 11.7 Å². The number of nitrogens with two attached hydrogens (primary N) is 1. The zero-order valence-electron chi connectivity index (χ0n) is 44.8. The van der Waals surface area contributed by atoms with Crippen molar-refractivity contribution in [3.05, 3.63) is 60.2 Å². The Bertz CT molecular complexity index is 2470. The summed E-state index contributed by atoms with van der Waals surface area (Å²) in [6.45, 7) is 9.83. The quantitative estimate of drug-likeness (QED) is 0.0417. The highest BCUT2D eigenvalue weighted by Gasteiger charge is 2.38. The van der Waals surface area contributed by atoms with Crippen molar-refractivity contribution < 1.29 is 61.2 Å². The van der Waals surface area contributed by atoms with Gasteiger partial charge in [-0.1, -0.05) is 61.7 Å². The van der Waals surface area contributed by atoms with E-state index < -0.39 is 24.7 Å². The summed E-state index contributed by atoms with van der Waals surface area (Å²) in [5.41, 5.74) is 13.6. The zero-order valence-corrected chi connectivity index (χ0v) is 46.4. The van der Waals surface area contributed by atoms with Crippen LogP contribution in [-0.2, 0) is 45.0 Å². The molecule has 28 heteroatoms. The number of hydrogen-bond acceptors (Lipinski definition) is 15. The molecule has 2 aliphatic rings. The van der Waals surface area contributed by atoms with E-state index in [0.29, 0.717) is 42.0 Å². The van der Waals surface area contributed by atoms with Crippen molar-refractivity contribution in [1.82, 2.24) is 60.1 Å². The lowest BCUT2D eigenvalue weighted by Crippen LogP contribution is -2.42. The van der Waals surface area contributed by atoms with Crippen LogP contribution in [0.4, 0.5) is 28.4 Å². The van der Waals surface area contributed by atoms with Crippen LogP contribution in [-0.4, -0.2) is 185 Å². The minimum atomic E-state index is -4.45. The van der Waals surface area contributed by atoms with E-state index in [2.05, 4.69) is 66.3 Å². The van der Waals surface area contributed by atoms with Crippen LogP contribution >= 0.6 is 15.9 Å². The van der Waals surface area contributed by atoms with Gasteiger partial charge in [-0.15, -0.1) is 0 Å². The largest absolute Gasteiger partial charge is 0.445 e. The number of nitrogens with zero attached hydrogens (tertiary/aromatic N) is 8. The fourth-order valence-corrected chi connectivity index (χ4v) is 7.52. The number of carbonyl (C=O) groups excluding carboxylic acids is 8. The molecule has 428 valence electrons. The van der Waals surface area contributed by atoms with Gasteiger partial charge in [0.05, 0.1) is 29.6 Å². The Hall–Kier alpha value is -6.75. The molecule has 0 saturated carbocycles. The number of likely N-dealkylation sites (tertiary alicyclic amines) is 2. The van der Waals surface area contributed by atoms with Gasteiger partial charge in [0.2, 0.25) is 24.6 Å². The topological polar surface area (TPSA) is 289 Å². The highest BCUT2D eigenvalue weighted by molar-refractivity contribution is 9.09. The van der Waals surface area contributed by atoms with E-state index in [9.17, 15) is 51.5 Å². The van der Waals surface area contributed by atoms with E-state index in [-0.39, 0.29) is 73.3 Å². The van der Waals surface area contributed by atoms with Crippen molar-refractivity contribution >= 4 is 87.4 Å². The molecule has 2 aliphatic heterocycles. The van der Waals surface area contributed by atoms with E-state index in [1.54, 1.807) is 62.7 Å². The van der Waals surface area contributed by atoms with Crippen LogP contribution in [0.5, 0.6) is 0 Å². The van der Waals surface area contributed by atoms with Gasteiger partial charge in [-0.3, -0.25) is 32.9 Å². The predicted molar refractivity (Wildman–Crippen MR) is 286 cm³/mol. The molecule has 0 aliphatic carbocycles. The molecule has 3 aromatic heterocycles. The number of halogens is 4. The summed E-state index contributed by atoms with van der Waals surface area (Å²) in [6, 6.07) is 7.87. The number of aldehydes is 1. The van der Waals surface area contributed by atoms with Gasteiger partial charge >= 0.3 is 18.3 Å². The predicted octanol–water partition coefficient (Wildman–Crippen LogP) is 3.81. The van der Waals surface area contributed by atoms with Gasteiger partial charge in [-0.2, -0.15) is 23.6 Å². The van der Waals surface area contributed by atoms with Gasteiger partial charge in [-0.05, 0) is 70.6 Å². The van der Waals surface area contributed by atoms with Crippen LogP contribution in [0, 0.1) is 5.92 Å². The van der Waals surface area contributed by atoms with E-state index in [1.165, 1.54) is 20.8 Å². The molecule has 7 amide bonds. The summed E-state index contributed by atoms with van der Waals surface area (Å²) in [7, 11) is 7.34. The van der Waals surface area contributed by atoms with Crippen LogP contribution in [0.25, 0.3) is 16.8 Å². The Morgan fingerprint density at radius 1 is 0.961 bits per heavy atom. The number of carbonyl (C=O) groups is 8. The molecule has 7 N–H and O–H groups in total. The molecule has 0 bridgehead atoms. The first kappa shape index (κ1) is 66.4. The summed E-state index contributed by atoms with van der Waals surface area (Å²) >= 11 is 2.93. The highest BCUT2D eigenvalue weighted by Crippen LogP contribution is 2.36. The second-order valence-corrected chi connectivity index (χ2v) is 18.6. The van der Waals surface area contributed by atoms with Gasteiger partial charge in [0, 0.05) is 81.9 Å². The van der Waals surface area contributed by atoms with Crippen LogP contribution in [0.15, 0.2) is 48.9 Å². The fourth-order valence-electron chi connectivity index (χ4n) is 7.40. The van der Waals surface area contributed by atoms with Gasteiger partial charge in [0.15, 0.2) is 11.3 Å². The van der Waals surface area contributed by atoms with Gasteiger partial charge < -0.3 is 50.8 Å². The first-order valence-electron chi connectivity index (χ1n) is 24.7. The molecule has 5 heterocycles. The summed E-state index contributed by atoms with van der Waals surface area (Å²) in [5.74, 6) is -0.886. The number of alkyl halides is 4. The van der Waals surface area contributed by atoms with E-state index in [4.69, 9.17) is 10.5 Å². The maximum atomic E-state index is 12.4. The fraction of sp³-hybridized carbons (Fsp3) is 0.551. The van der Waals surface area contributed by atoms with Crippen molar-refractivity contribution in [1.29, 1.82) is 0 Å². The Kier molecular flexibility index (Phi) is 30.0. The Morgan fingerprint density at radius 2 is 1.65 bits per heavy atom. The third kappa shape index (κ3) is 23.6. The second kappa shape index (κ2) is 34.8. The molecule has 4 unspecified atom stereocenters. The number of ether oxygens (including phenoxy) is 1. The number of hydroxylamine groups is 2. The SMILES string of the molecule is CC(CC(N)=O)NONC(=O)CBr.CCC.CCC1CN(C(=O)NCC(F)(F)F)CC1c1cnc2cnc3c(ccn3C=O)n12.CNCC(=O)Nc1ccc(COC(=O)N(C)CCN(C)C)cc1.O=CC1CCCN1C=O. The number of likely N-dealkylation sites (N-methyl/N-ethyl adjacent to an activating group) is 3. The Labute approximate surface area is 454 Å². The molecular formula is C49H74BrF3N14O10. The van der Waals surface area contributed by atoms with Gasteiger partial charge in [0.1, 0.15) is 19.4 Å². The van der Waals surface area contributed by atoms with Crippen LogP contribution in [0.3, 0.4) is 0 Å². The standard InChI is InChI=1S/C18H19F3N6O2.C16H26N4O3.C6H12BrN3O3.C6H9NO2.C3H8/c1-2-11-7-26(17(29)24-9-18(19,20)21)8-12(11)14-5-22-15-6-23-16-13(27(14)15)3-4-25(16)10-28;1-17-11-15(21)18-14-7-5-13(6-8-14)12-23-16(22)20(4)10-9-19(2)3;1-4(2-5(8)11)9-13-10-6(12)3-7;8-4-6-2-1-3-7(6)5-9;1-3-2/h3-6,10-12H,2,7-9H2,1H3,(H,24,29);5-8,17H,9-12H2,1-4H3,(H,18,21);4,9H,2-3H2,1H3,(H2,8,11)(H,10,12);4-6H,1-3H2;3H2,1-2H3. The molecule has 4 aromatic rings. The zero-order chi connectivity index (χ0) is 57.7. The average molecular weight is 1160 g/mol. The third-order valence-corrected chi connectivity index (χ3v) is 11.7. The number of urea groups is 1. The molecule has 0 spiro atoms. The first-order chi connectivity index (χ1) is 36.6. The van der Waals surface area contributed by atoms with Crippen LogP contribution in [0.1, 0.15) is 77.0 Å². The minimum Gasteiger partial charge on any atom is -0.445 e. The van der Waals surface area contributed by atoms with E-state index >= 15 is 0 Å². The van der Waals surface area contributed by atoms with Crippen molar-refractivity contribution in [3.8, 4) is 0 Å². The summed E-state index contributed by atoms with van der Waals surface area (Å²) in [4.78, 5) is 108. The van der Waals surface area contributed by atoms with Crippen molar-refractivity contribution in [2.75, 3.05) is 84.7 Å². The van der Waals surface area contributed by atoms with Crippen LogP contribution < -0.4 is 32.6 Å². The number of nitrogens with one attached hydrogen (secondary N) is 5. The lowest BCUT2D eigenvalue weighted by molar-refractivity contribution is -0.140. The van der Waals surface area contributed by atoms with E-state index in [0.717, 1.165) is 56.3 Å². The van der Waals surface area contributed by atoms with Crippen LogP contribution in [0.2, 0.25) is 0 Å². The molecule has 24 nitrogen and oxygen atoms in total. The normalized spacial score (nSPS) is 16.0. The highest BCUT2D eigenvalue weighted by atomic mass is 79.9. The Morgan fingerprint density at radius 3 is 2.21 bits per heavy atom. The summed E-state index contributed by atoms with van der Waals surface area (Å²) in [5, 5.41) is 7.63. The number of imidazole rings is 1. The maximum absolute atomic E-state index is 12.4. The molecule has 0 radical (unpaired) electrons. The molecule has 77 heavy (non-hydrogen) atoms. The number of amides is 7. The molecular weight excluding hydrogens is 1080 g/mol. The number of benzene rings is 1. The smallest absolute Gasteiger partial charge is 0.409 e. The number of rotatable bonds is 20. The maximum Gasteiger partial charge on any atom is 0.409 e. The monoisotopic (exact) mass is 1150 g/mol. The summed E-state index contributed by atoms with van der Waals surface area (Å²) in [6.07, 6.45) is 6.26. The second-order valence-electron chi connectivity index (χ2n) is 18.0. The van der Waals surface area contributed by atoms with Crippen molar-refractivity contribution in [2.45, 2.75) is 90.6 Å². The number of aromatic nitrogens is 4. The number of anilines is 1. The van der Waals surface area contributed by atoms with E-state index in [1.807, 2.05) is 47.8 Å². The van der Waals surface area contributed by atoms with Gasteiger partial charge in [0.25, 0.3) is 5.91 Å². The molecule has 6 rings (SSSR count). The minimum absolute atomic E-state index is 0.0721. The number of fused-ring (bicyclic) bond motifs is 3.